The van der Waals surface area contributed by atoms with Gasteiger partial charge in [0.15, 0.2) is 5.65 Å². The molecule has 82 valence electrons. The number of pyridine rings is 1. The molecule has 0 aliphatic heterocycles. The number of imidazole rings is 1. The van der Waals surface area contributed by atoms with Crippen LogP contribution in [0.1, 0.15) is 38.6 Å². The van der Waals surface area contributed by atoms with Gasteiger partial charge >= 0.3 is 0 Å². The molecular formula is C12H14N4. The molecular weight excluding hydrogens is 200 g/mol. The molecule has 4 heteroatoms. The quantitative estimate of drug-likeness (QED) is 0.772. The van der Waals surface area contributed by atoms with Crippen LogP contribution in [0.2, 0.25) is 0 Å². The van der Waals surface area contributed by atoms with E-state index in [1.54, 1.807) is 6.20 Å². The molecule has 1 unspecified atom stereocenters. The number of nitriles is 1. The lowest BCUT2D eigenvalue weighted by Crippen LogP contribution is -2.08. The van der Waals surface area contributed by atoms with Crippen molar-refractivity contribution in [3.63, 3.8) is 0 Å². The Kier molecular flexibility index (Phi) is 2.61. The van der Waals surface area contributed by atoms with Gasteiger partial charge in [-0.2, -0.15) is 5.26 Å². The molecule has 0 aromatic carbocycles. The molecule has 0 saturated carbocycles. The molecule has 1 atom stereocenters. The Balaban J connectivity index is 2.74. The summed E-state index contributed by atoms with van der Waals surface area (Å²) in [6, 6.07) is 6.27. The molecule has 0 bridgehead atoms. The van der Waals surface area contributed by atoms with Gasteiger partial charge in [-0.3, -0.25) is 0 Å². The maximum atomic E-state index is 9.00. The monoisotopic (exact) mass is 214 g/mol. The highest BCUT2D eigenvalue weighted by Gasteiger charge is 2.18. The third-order valence-corrected chi connectivity index (χ3v) is 2.57. The van der Waals surface area contributed by atoms with Crippen LogP contribution in [0.4, 0.5) is 0 Å². The summed E-state index contributed by atoms with van der Waals surface area (Å²) in [6.45, 7) is 6.01. The van der Waals surface area contributed by atoms with Crippen molar-refractivity contribution in [1.82, 2.24) is 14.5 Å². The number of aromatic nitrogens is 3. The van der Waals surface area contributed by atoms with E-state index in [1.807, 2.05) is 23.6 Å². The predicted molar refractivity (Wildman–Crippen MR) is 61.9 cm³/mol. The van der Waals surface area contributed by atoms with Gasteiger partial charge in [-0.1, -0.05) is 0 Å². The summed E-state index contributed by atoms with van der Waals surface area (Å²) in [5, 5.41) is 9.00. The fourth-order valence-electron chi connectivity index (χ4n) is 1.82. The minimum absolute atomic E-state index is 0.211. The molecule has 0 radical (unpaired) electrons. The Labute approximate surface area is 94.6 Å². The van der Waals surface area contributed by atoms with E-state index >= 15 is 0 Å². The number of fused-ring (bicyclic) bond motifs is 1. The van der Waals surface area contributed by atoms with Crippen molar-refractivity contribution in [3.05, 3.63) is 24.2 Å². The second-order valence-electron chi connectivity index (χ2n) is 4.13. The van der Waals surface area contributed by atoms with Crippen molar-refractivity contribution in [2.45, 2.75) is 32.7 Å². The first kappa shape index (κ1) is 10.6. The summed E-state index contributed by atoms with van der Waals surface area (Å²) in [7, 11) is 0. The Morgan fingerprint density at radius 3 is 2.75 bits per heavy atom. The van der Waals surface area contributed by atoms with Gasteiger partial charge < -0.3 is 4.57 Å². The lowest BCUT2D eigenvalue weighted by Gasteiger charge is -2.12. The van der Waals surface area contributed by atoms with E-state index in [9.17, 15) is 0 Å². The lowest BCUT2D eigenvalue weighted by atomic mass is 10.2. The van der Waals surface area contributed by atoms with Crippen LogP contribution in [0.25, 0.3) is 11.2 Å². The van der Waals surface area contributed by atoms with E-state index in [-0.39, 0.29) is 12.0 Å². The highest BCUT2D eigenvalue weighted by Crippen LogP contribution is 2.23. The van der Waals surface area contributed by atoms with Crippen LogP contribution in [0, 0.1) is 11.3 Å². The summed E-state index contributed by atoms with van der Waals surface area (Å²) >= 11 is 0. The van der Waals surface area contributed by atoms with E-state index < -0.39 is 0 Å². The number of hydrogen-bond donors (Lipinski definition) is 0. The smallest absolute Gasteiger partial charge is 0.160 e. The molecule has 0 fully saturated rings. The van der Waals surface area contributed by atoms with Crippen LogP contribution in [0.15, 0.2) is 18.3 Å². The first-order valence-corrected chi connectivity index (χ1v) is 5.37. The Hall–Kier alpha value is -1.89. The van der Waals surface area contributed by atoms with Gasteiger partial charge in [-0.15, -0.1) is 0 Å². The lowest BCUT2D eigenvalue weighted by molar-refractivity contribution is 0.574. The second-order valence-corrected chi connectivity index (χ2v) is 4.13. The first-order valence-electron chi connectivity index (χ1n) is 5.37. The van der Waals surface area contributed by atoms with Crippen molar-refractivity contribution < 1.29 is 0 Å². The molecule has 2 aromatic rings. The molecule has 2 aromatic heterocycles. The summed E-state index contributed by atoms with van der Waals surface area (Å²) in [5.41, 5.74) is 1.71. The molecule has 2 rings (SSSR count). The average Bonchev–Trinajstić information content (AvgIpc) is 2.67. The van der Waals surface area contributed by atoms with Crippen LogP contribution in [0.3, 0.4) is 0 Å². The zero-order valence-electron chi connectivity index (χ0n) is 9.68. The summed E-state index contributed by atoms with van der Waals surface area (Å²) < 4.78 is 2.03. The zero-order chi connectivity index (χ0) is 11.7. The van der Waals surface area contributed by atoms with Gasteiger partial charge in [0, 0.05) is 12.2 Å². The number of rotatable bonds is 2. The van der Waals surface area contributed by atoms with Crippen LogP contribution < -0.4 is 0 Å². The van der Waals surface area contributed by atoms with Crippen LogP contribution in [0.5, 0.6) is 0 Å². The van der Waals surface area contributed by atoms with Crippen molar-refractivity contribution in [3.8, 4) is 6.07 Å². The second kappa shape index (κ2) is 3.93. The molecule has 0 aliphatic carbocycles. The van der Waals surface area contributed by atoms with Gasteiger partial charge in [0.1, 0.15) is 17.3 Å². The Morgan fingerprint density at radius 1 is 1.38 bits per heavy atom. The molecule has 0 N–H and O–H groups in total. The van der Waals surface area contributed by atoms with Crippen molar-refractivity contribution in [2.24, 2.45) is 0 Å². The predicted octanol–water partition coefficient (Wildman–Crippen LogP) is 2.64. The SMILES string of the molecule is CC(C#N)c1nc2cccnc2n1C(C)C. The Bertz CT molecular complexity index is 548. The Morgan fingerprint density at radius 2 is 2.12 bits per heavy atom. The first-order chi connectivity index (χ1) is 7.65. The van der Waals surface area contributed by atoms with Crippen LogP contribution >= 0.6 is 0 Å². The molecule has 0 saturated heterocycles. The fourth-order valence-corrected chi connectivity index (χ4v) is 1.82. The van der Waals surface area contributed by atoms with Crippen LogP contribution in [-0.2, 0) is 0 Å². The standard InChI is InChI=1S/C12H14N4/c1-8(2)16-11(9(3)7-13)15-10-5-4-6-14-12(10)16/h4-6,8-9H,1-3H3. The summed E-state index contributed by atoms with van der Waals surface area (Å²) in [5.74, 6) is 0.586. The van der Waals surface area contributed by atoms with Crippen LogP contribution in [-0.4, -0.2) is 14.5 Å². The summed E-state index contributed by atoms with van der Waals surface area (Å²) in [4.78, 5) is 8.81. The van der Waals surface area contributed by atoms with Crippen molar-refractivity contribution in [1.29, 1.82) is 5.26 Å². The number of nitrogens with zero attached hydrogens (tertiary/aromatic N) is 4. The van der Waals surface area contributed by atoms with E-state index in [4.69, 9.17) is 5.26 Å². The fraction of sp³-hybridized carbons (Fsp3) is 0.417. The zero-order valence-corrected chi connectivity index (χ0v) is 9.68. The van der Waals surface area contributed by atoms with Gasteiger partial charge in [-0.25, -0.2) is 9.97 Å². The van der Waals surface area contributed by atoms with E-state index in [0.29, 0.717) is 0 Å². The van der Waals surface area contributed by atoms with E-state index in [2.05, 4.69) is 29.9 Å². The van der Waals surface area contributed by atoms with Gasteiger partial charge in [0.2, 0.25) is 0 Å². The average molecular weight is 214 g/mol. The highest BCUT2D eigenvalue weighted by atomic mass is 15.1. The molecule has 0 spiro atoms. The van der Waals surface area contributed by atoms with Gasteiger partial charge in [0.25, 0.3) is 0 Å². The maximum absolute atomic E-state index is 9.00. The molecule has 0 aliphatic rings. The van der Waals surface area contributed by atoms with Gasteiger partial charge in [-0.05, 0) is 32.9 Å². The third-order valence-electron chi connectivity index (χ3n) is 2.57. The van der Waals surface area contributed by atoms with Gasteiger partial charge in [0.05, 0.1) is 6.07 Å². The maximum Gasteiger partial charge on any atom is 0.160 e. The minimum Gasteiger partial charge on any atom is -0.309 e. The third kappa shape index (κ3) is 1.54. The van der Waals surface area contributed by atoms with Crippen molar-refractivity contribution >= 4 is 11.2 Å². The van der Waals surface area contributed by atoms with E-state index in [1.165, 1.54) is 0 Å². The highest BCUT2D eigenvalue weighted by molar-refractivity contribution is 5.71. The largest absolute Gasteiger partial charge is 0.309 e. The topological polar surface area (TPSA) is 54.5 Å². The minimum atomic E-state index is -0.211. The molecule has 0 amide bonds. The number of hydrogen-bond acceptors (Lipinski definition) is 3. The molecule has 2 heterocycles. The van der Waals surface area contributed by atoms with Crippen molar-refractivity contribution in [2.75, 3.05) is 0 Å². The van der Waals surface area contributed by atoms with E-state index in [0.717, 1.165) is 17.0 Å². The molecule has 4 nitrogen and oxygen atoms in total. The molecule has 16 heavy (non-hydrogen) atoms. The normalized spacial score (nSPS) is 12.9. The summed E-state index contributed by atoms with van der Waals surface area (Å²) in [6.07, 6.45) is 1.75.